The molecule has 0 aliphatic carbocycles. The van der Waals surface area contributed by atoms with E-state index in [-0.39, 0.29) is 0 Å². The maximum Gasteiger partial charge on any atom is 0.149 e. The smallest absolute Gasteiger partial charge is 0.149 e. The number of pyridine rings is 1. The lowest BCUT2D eigenvalue weighted by molar-refractivity contribution is 0.926. The van der Waals surface area contributed by atoms with E-state index < -0.39 is 0 Å². The molecule has 0 spiro atoms. The monoisotopic (exact) mass is 163 g/mol. The molecule has 0 fully saturated rings. The van der Waals surface area contributed by atoms with E-state index in [2.05, 4.69) is 22.5 Å². The van der Waals surface area contributed by atoms with Crippen LogP contribution in [0.2, 0.25) is 0 Å². The first-order chi connectivity index (χ1) is 5.88. The van der Waals surface area contributed by atoms with Crippen LogP contribution in [0, 0.1) is 6.92 Å². The Bertz CT molecular complexity index is 283. The van der Waals surface area contributed by atoms with Gasteiger partial charge in [0, 0.05) is 19.3 Å². The van der Waals surface area contributed by atoms with Gasteiger partial charge in [-0.3, -0.25) is 0 Å². The van der Waals surface area contributed by atoms with Gasteiger partial charge in [-0.25, -0.2) is 4.98 Å². The average molecular weight is 163 g/mol. The SMILES string of the molecule is Cc1ccnc2c1NCCCN2. The number of nitrogens with one attached hydrogen (secondary N) is 2. The Balaban J connectivity index is 2.42. The highest BCUT2D eigenvalue weighted by atomic mass is 15.1. The van der Waals surface area contributed by atoms with Crippen molar-refractivity contribution >= 4 is 11.5 Å². The number of aryl methyl sites for hydroxylation is 1. The van der Waals surface area contributed by atoms with Crippen LogP contribution in [-0.2, 0) is 0 Å². The molecule has 1 aromatic rings. The average Bonchev–Trinajstić information content (AvgIpc) is 2.30. The third kappa shape index (κ3) is 1.22. The first kappa shape index (κ1) is 7.40. The Morgan fingerprint density at radius 2 is 2.17 bits per heavy atom. The van der Waals surface area contributed by atoms with Gasteiger partial charge >= 0.3 is 0 Å². The second-order valence-corrected chi connectivity index (χ2v) is 3.06. The maximum absolute atomic E-state index is 4.27. The van der Waals surface area contributed by atoms with Gasteiger partial charge in [0.25, 0.3) is 0 Å². The highest BCUT2D eigenvalue weighted by Gasteiger charge is 2.08. The van der Waals surface area contributed by atoms with Crippen molar-refractivity contribution in [1.82, 2.24) is 4.98 Å². The van der Waals surface area contributed by atoms with Crippen LogP contribution in [0.1, 0.15) is 12.0 Å². The van der Waals surface area contributed by atoms with Crippen molar-refractivity contribution in [1.29, 1.82) is 0 Å². The molecule has 2 rings (SSSR count). The Morgan fingerprint density at radius 3 is 3.08 bits per heavy atom. The van der Waals surface area contributed by atoms with Gasteiger partial charge < -0.3 is 10.6 Å². The number of anilines is 2. The van der Waals surface area contributed by atoms with Crippen molar-refractivity contribution in [2.45, 2.75) is 13.3 Å². The van der Waals surface area contributed by atoms with E-state index in [1.54, 1.807) is 0 Å². The Labute approximate surface area is 72.2 Å². The number of fused-ring (bicyclic) bond motifs is 1. The molecule has 1 aromatic heterocycles. The van der Waals surface area contributed by atoms with Crippen molar-refractivity contribution < 1.29 is 0 Å². The van der Waals surface area contributed by atoms with Crippen molar-refractivity contribution in [3.8, 4) is 0 Å². The topological polar surface area (TPSA) is 37.0 Å². The summed E-state index contributed by atoms with van der Waals surface area (Å²) in [5.74, 6) is 0.993. The van der Waals surface area contributed by atoms with Crippen LogP contribution in [0.4, 0.5) is 11.5 Å². The van der Waals surface area contributed by atoms with E-state index in [1.165, 1.54) is 5.56 Å². The second kappa shape index (κ2) is 3.01. The van der Waals surface area contributed by atoms with Gasteiger partial charge in [0.2, 0.25) is 0 Å². The molecule has 0 aromatic carbocycles. The summed E-state index contributed by atoms with van der Waals surface area (Å²) >= 11 is 0. The number of nitrogens with zero attached hydrogens (tertiary/aromatic N) is 1. The Morgan fingerprint density at radius 1 is 1.33 bits per heavy atom. The molecule has 2 N–H and O–H groups in total. The summed E-state index contributed by atoms with van der Waals surface area (Å²) in [6.45, 7) is 4.14. The first-order valence-electron chi connectivity index (χ1n) is 4.31. The summed E-state index contributed by atoms with van der Waals surface area (Å²) in [5, 5.41) is 6.66. The maximum atomic E-state index is 4.27. The molecule has 12 heavy (non-hydrogen) atoms. The summed E-state index contributed by atoms with van der Waals surface area (Å²) < 4.78 is 0. The predicted octanol–water partition coefficient (Wildman–Crippen LogP) is 1.62. The molecule has 64 valence electrons. The molecule has 0 bridgehead atoms. The largest absolute Gasteiger partial charge is 0.382 e. The minimum Gasteiger partial charge on any atom is -0.382 e. The van der Waals surface area contributed by atoms with E-state index in [4.69, 9.17) is 0 Å². The zero-order valence-corrected chi connectivity index (χ0v) is 7.22. The van der Waals surface area contributed by atoms with E-state index in [0.717, 1.165) is 31.0 Å². The zero-order valence-electron chi connectivity index (χ0n) is 7.22. The molecule has 3 heteroatoms. The lowest BCUT2D eigenvalue weighted by Gasteiger charge is -2.09. The van der Waals surface area contributed by atoms with E-state index in [0.29, 0.717) is 0 Å². The minimum atomic E-state index is 0.993. The van der Waals surface area contributed by atoms with Crippen molar-refractivity contribution in [2.24, 2.45) is 0 Å². The van der Waals surface area contributed by atoms with Gasteiger partial charge in [-0.2, -0.15) is 0 Å². The number of hydrogen-bond donors (Lipinski definition) is 2. The van der Waals surface area contributed by atoms with E-state index in [1.807, 2.05) is 12.3 Å². The van der Waals surface area contributed by atoms with Crippen LogP contribution in [0.3, 0.4) is 0 Å². The molecule has 1 aliphatic rings. The van der Waals surface area contributed by atoms with E-state index >= 15 is 0 Å². The normalized spacial score (nSPS) is 15.4. The standard InChI is InChI=1S/C9H13N3/c1-7-3-6-12-9-8(7)10-4-2-5-11-9/h3,6,10H,2,4-5H2,1H3,(H,11,12). The molecule has 1 aliphatic heterocycles. The highest BCUT2D eigenvalue weighted by molar-refractivity contribution is 5.68. The van der Waals surface area contributed by atoms with Gasteiger partial charge in [-0.1, -0.05) is 0 Å². The van der Waals surface area contributed by atoms with E-state index in [9.17, 15) is 0 Å². The highest BCUT2D eigenvalue weighted by Crippen LogP contribution is 2.24. The first-order valence-corrected chi connectivity index (χ1v) is 4.31. The molecular weight excluding hydrogens is 150 g/mol. The van der Waals surface area contributed by atoms with Gasteiger partial charge in [0.1, 0.15) is 5.82 Å². The summed E-state index contributed by atoms with van der Waals surface area (Å²) in [6.07, 6.45) is 2.99. The summed E-state index contributed by atoms with van der Waals surface area (Å²) in [7, 11) is 0. The van der Waals surface area contributed by atoms with Crippen LogP contribution < -0.4 is 10.6 Å². The number of rotatable bonds is 0. The lowest BCUT2D eigenvalue weighted by Crippen LogP contribution is -2.01. The molecule has 0 radical (unpaired) electrons. The molecule has 0 atom stereocenters. The van der Waals surface area contributed by atoms with Crippen molar-refractivity contribution in [2.75, 3.05) is 23.7 Å². The predicted molar refractivity (Wildman–Crippen MR) is 50.6 cm³/mol. The number of hydrogen-bond acceptors (Lipinski definition) is 3. The van der Waals surface area contributed by atoms with Gasteiger partial charge in [0.05, 0.1) is 5.69 Å². The molecule has 2 heterocycles. The molecule has 0 saturated carbocycles. The van der Waals surface area contributed by atoms with Crippen LogP contribution in [0.5, 0.6) is 0 Å². The third-order valence-corrected chi connectivity index (χ3v) is 2.11. The third-order valence-electron chi connectivity index (χ3n) is 2.11. The van der Waals surface area contributed by atoms with Crippen molar-refractivity contribution in [3.05, 3.63) is 17.8 Å². The lowest BCUT2D eigenvalue weighted by atomic mass is 10.2. The van der Waals surface area contributed by atoms with Crippen LogP contribution in [-0.4, -0.2) is 18.1 Å². The number of aromatic nitrogens is 1. The second-order valence-electron chi connectivity index (χ2n) is 3.06. The summed E-state index contributed by atoms with van der Waals surface area (Å²) in [4.78, 5) is 4.27. The van der Waals surface area contributed by atoms with Gasteiger partial charge in [-0.05, 0) is 25.0 Å². The van der Waals surface area contributed by atoms with Gasteiger partial charge in [-0.15, -0.1) is 0 Å². The van der Waals surface area contributed by atoms with Gasteiger partial charge in [0.15, 0.2) is 0 Å². The molecule has 0 saturated heterocycles. The Hall–Kier alpha value is -1.25. The molecule has 3 nitrogen and oxygen atoms in total. The minimum absolute atomic E-state index is 0.993. The fourth-order valence-electron chi connectivity index (χ4n) is 1.42. The molecular formula is C9H13N3. The zero-order chi connectivity index (χ0) is 8.39. The summed E-state index contributed by atoms with van der Waals surface area (Å²) in [5.41, 5.74) is 2.42. The fourth-order valence-corrected chi connectivity index (χ4v) is 1.42. The summed E-state index contributed by atoms with van der Waals surface area (Å²) in [6, 6.07) is 2.03. The van der Waals surface area contributed by atoms with Crippen LogP contribution >= 0.6 is 0 Å². The van der Waals surface area contributed by atoms with Crippen LogP contribution in [0.15, 0.2) is 12.3 Å². The van der Waals surface area contributed by atoms with Crippen molar-refractivity contribution in [3.63, 3.8) is 0 Å². The van der Waals surface area contributed by atoms with Crippen LogP contribution in [0.25, 0.3) is 0 Å². The quantitative estimate of drug-likeness (QED) is 0.610. The Kier molecular flexibility index (Phi) is 1.86. The molecule has 0 amide bonds. The molecule has 0 unspecified atom stereocenters. The fraction of sp³-hybridized carbons (Fsp3) is 0.444.